The van der Waals surface area contributed by atoms with Crippen molar-refractivity contribution in [1.29, 1.82) is 0 Å². The number of hydrogen-bond donors (Lipinski definition) is 1. The largest absolute Gasteiger partial charge is 0.356 e. The van der Waals surface area contributed by atoms with Crippen molar-refractivity contribution in [3.63, 3.8) is 0 Å². The first-order valence-corrected chi connectivity index (χ1v) is 9.22. The molecule has 0 spiro atoms. The highest BCUT2D eigenvalue weighted by Crippen LogP contribution is 2.23. The lowest BCUT2D eigenvalue weighted by Gasteiger charge is -2.20. The Balaban J connectivity index is 1.56. The second-order valence-corrected chi connectivity index (χ2v) is 6.70. The van der Waals surface area contributed by atoms with E-state index in [4.69, 9.17) is 0 Å². The van der Waals surface area contributed by atoms with Crippen molar-refractivity contribution >= 4 is 5.91 Å². The third kappa shape index (κ3) is 5.09. The number of rotatable bonds is 8. The number of aryl methyl sites for hydroxylation is 2. The molecule has 1 heterocycles. The summed E-state index contributed by atoms with van der Waals surface area (Å²) in [6, 6.07) is 22.8. The Hall–Kier alpha value is -2.81. The molecule has 0 aliphatic heterocycles. The molecule has 1 atom stereocenters. The third-order valence-corrected chi connectivity index (χ3v) is 4.60. The summed E-state index contributed by atoms with van der Waals surface area (Å²) >= 11 is 0. The van der Waals surface area contributed by atoms with Gasteiger partial charge in [0.25, 0.3) is 0 Å². The van der Waals surface area contributed by atoms with E-state index < -0.39 is 0 Å². The lowest BCUT2D eigenvalue weighted by atomic mass is 10.0. The molecule has 0 radical (unpaired) electrons. The fourth-order valence-electron chi connectivity index (χ4n) is 3.24. The van der Waals surface area contributed by atoms with Gasteiger partial charge < -0.3 is 9.88 Å². The zero-order valence-electron chi connectivity index (χ0n) is 15.3. The van der Waals surface area contributed by atoms with Gasteiger partial charge in [0, 0.05) is 18.9 Å². The van der Waals surface area contributed by atoms with Crippen LogP contribution in [0.4, 0.5) is 0 Å². The summed E-state index contributed by atoms with van der Waals surface area (Å²) in [5, 5.41) is 3.08. The average molecular weight is 346 g/mol. The van der Waals surface area contributed by atoms with E-state index in [1.165, 1.54) is 16.7 Å². The molecule has 0 aliphatic carbocycles. The van der Waals surface area contributed by atoms with Crippen LogP contribution in [-0.4, -0.2) is 17.0 Å². The van der Waals surface area contributed by atoms with E-state index in [9.17, 15) is 4.79 Å². The van der Waals surface area contributed by atoms with E-state index in [1.54, 1.807) is 0 Å². The van der Waals surface area contributed by atoms with Crippen LogP contribution < -0.4 is 5.32 Å². The van der Waals surface area contributed by atoms with Crippen molar-refractivity contribution < 1.29 is 4.79 Å². The van der Waals surface area contributed by atoms with Crippen molar-refractivity contribution in [1.82, 2.24) is 9.88 Å². The summed E-state index contributed by atoms with van der Waals surface area (Å²) in [5.74, 6) is 0.0956. The molecule has 134 valence electrons. The SMILES string of the molecule is Cc1cccc([C@@H](CC(=O)NCCCc2ccccc2)n2cccc2)c1. The molecule has 3 aromatic rings. The van der Waals surface area contributed by atoms with Crippen LogP contribution in [0.2, 0.25) is 0 Å². The number of hydrogen-bond acceptors (Lipinski definition) is 1. The maximum Gasteiger partial charge on any atom is 0.222 e. The van der Waals surface area contributed by atoms with Gasteiger partial charge in [0.2, 0.25) is 5.91 Å². The molecule has 3 rings (SSSR count). The number of amides is 1. The Morgan fingerprint density at radius 3 is 2.50 bits per heavy atom. The zero-order valence-corrected chi connectivity index (χ0v) is 15.3. The molecule has 0 saturated carbocycles. The highest BCUT2D eigenvalue weighted by atomic mass is 16.1. The van der Waals surface area contributed by atoms with Crippen molar-refractivity contribution in [2.24, 2.45) is 0 Å². The minimum Gasteiger partial charge on any atom is -0.356 e. The molecule has 1 aromatic heterocycles. The minimum atomic E-state index is 0.0269. The second kappa shape index (κ2) is 9.04. The van der Waals surface area contributed by atoms with Crippen molar-refractivity contribution in [2.45, 2.75) is 32.2 Å². The van der Waals surface area contributed by atoms with Gasteiger partial charge in [-0.05, 0) is 43.0 Å². The van der Waals surface area contributed by atoms with Crippen LogP contribution in [0.3, 0.4) is 0 Å². The Kier molecular flexibility index (Phi) is 6.26. The number of nitrogens with zero attached hydrogens (tertiary/aromatic N) is 1. The quantitative estimate of drug-likeness (QED) is 0.598. The number of aromatic nitrogens is 1. The van der Waals surface area contributed by atoms with Crippen LogP contribution in [0.15, 0.2) is 79.1 Å². The molecule has 0 bridgehead atoms. The molecule has 2 aromatic carbocycles. The number of nitrogens with one attached hydrogen (secondary N) is 1. The van der Waals surface area contributed by atoms with Crippen molar-refractivity contribution in [2.75, 3.05) is 6.54 Å². The molecule has 0 aliphatic rings. The molecule has 0 saturated heterocycles. The average Bonchev–Trinajstić information content (AvgIpc) is 3.18. The van der Waals surface area contributed by atoms with E-state index in [2.05, 4.69) is 65.3 Å². The summed E-state index contributed by atoms with van der Waals surface area (Å²) < 4.78 is 2.11. The lowest BCUT2D eigenvalue weighted by molar-refractivity contribution is -0.121. The monoisotopic (exact) mass is 346 g/mol. The minimum absolute atomic E-state index is 0.0269. The molecule has 26 heavy (non-hydrogen) atoms. The van der Waals surface area contributed by atoms with E-state index in [1.807, 2.05) is 30.6 Å². The maximum absolute atomic E-state index is 12.5. The van der Waals surface area contributed by atoms with Crippen LogP contribution >= 0.6 is 0 Å². The Morgan fingerprint density at radius 1 is 1.00 bits per heavy atom. The topological polar surface area (TPSA) is 34.0 Å². The Labute approximate surface area is 155 Å². The van der Waals surface area contributed by atoms with Crippen molar-refractivity contribution in [3.8, 4) is 0 Å². The molecule has 3 heteroatoms. The molecule has 0 unspecified atom stereocenters. The van der Waals surface area contributed by atoms with Crippen LogP contribution in [-0.2, 0) is 11.2 Å². The molecule has 1 N–H and O–H groups in total. The van der Waals surface area contributed by atoms with Crippen LogP contribution in [0.5, 0.6) is 0 Å². The second-order valence-electron chi connectivity index (χ2n) is 6.70. The molecular formula is C23H26N2O. The molecule has 0 fully saturated rings. The van der Waals surface area contributed by atoms with Crippen LogP contribution in [0.25, 0.3) is 0 Å². The van der Waals surface area contributed by atoms with Gasteiger partial charge in [0.1, 0.15) is 0 Å². The fraction of sp³-hybridized carbons (Fsp3) is 0.261. The van der Waals surface area contributed by atoms with Gasteiger partial charge in [-0.3, -0.25) is 4.79 Å². The highest BCUT2D eigenvalue weighted by Gasteiger charge is 2.17. The first kappa shape index (κ1) is 18.0. The summed E-state index contributed by atoms with van der Waals surface area (Å²) in [7, 11) is 0. The lowest BCUT2D eigenvalue weighted by Crippen LogP contribution is -2.28. The predicted octanol–water partition coefficient (Wildman–Crippen LogP) is 4.53. The van der Waals surface area contributed by atoms with Gasteiger partial charge in [-0.1, -0.05) is 60.2 Å². The van der Waals surface area contributed by atoms with Gasteiger partial charge in [-0.2, -0.15) is 0 Å². The summed E-state index contributed by atoms with van der Waals surface area (Å²) in [6.45, 7) is 2.79. The normalized spacial score (nSPS) is 11.9. The van der Waals surface area contributed by atoms with E-state index in [-0.39, 0.29) is 11.9 Å². The van der Waals surface area contributed by atoms with E-state index >= 15 is 0 Å². The number of benzene rings is 2. The van der Waals surface area contributed by atoms with Crippen LogP contribution in [0, 0.1) is 6.92 Å². The molecule has 3 nitrogen and oxygen atoms in total. The Bertz CT molecular complexity index is 809. The summed E-state index contributed by atoms with van der Waals surface area (Å²) in [4.78, 5) is 12.5. The number of carbonyl (C=O) groups is 1. The fourth-order valence-corrected chi connectivity index (χ4v) is 3.24. The molecule has 1 amide bonds. The van der Waals surface area contributed by atoms with Crippen LogP contribution in [0.1, 0.15) is 35.6 Å². The summed E-state index contributed by atoms with van der Waals surface area (Å²) in [5.41, 5.74) is 3.69. The van der Waals surface area contributed by atoms with Gasteiger partial charge in [-0.15, -0.1) is 0 Å². The van der Waals surface area contributed by atoms with E-state index in [0.29, 0.717) is 13.0 Å². The number of carbonyl (C=O) groups excluding carboxylic acids is 1. The van der Waals surface area contributed by atoms with Gasteiger partial charge in [-0.25, -0.2) is 0 Å². The third-order valence-electron chi connectivity index (χ3n) is 4.60. The smallest absolute Gasteiger partial charge is 0.222 e. The van der Waals surface area contributed by atoms with Gasteiger partial charge in [0.15, 0.2) is 0 Å². The van der Waals surface area contributed by atoms with Gasteiger partial charge >= 0.3 is 0 Å². The maximum atomic E-state index is 12.5. The van der Waals surface area contributed by atoms with E-state index in [0.717, 1.165) is 12.8 Å². The zero-order chi connectivity index (χ0) is 18.2. The molecular weight excluding hydrogens is 320 g/mol. The predicted molar refractivity (Wildman–Crippen MR) is 106 cm³/mol. The summed E-state index contributed by atoms with van der Waals surface area (Å²) in [6.07, 6.45) is 6.43. The standard InChI is InChI=1S/C23H26N2O/c1-19-9-7-13-21(17-19)22(25-15-5-6-16-25)18-23(26)24-14-8-12-20-10-3-2-4-11-20/h2-7,9-11,13,15-17,22H,8,12,14,18H2,1H3,(H,24,26)/t22-/m1/s1. The Morgan fingerprint density at radius 2 is 1.77 bits per heavy atom. The first-order valence-electron chi connectivity index (χ1n) is 9.22. The van der Waals surface area contributed by atoms with Gasteiger partial charge in [0.05, 0.1) is 12.5 Å². The van der Waals surface area contributed by atoms with Crippen molar-refractivity contribution in [3.05, 3.63) is 95.8 Å². The first-order chi connectivity index (χ1) is 12.7. The highest BCUT2D eigenvalue weighted by molar-refractivity contribution is 5.76.